The SMILES string of the molecule is NC(CC(=O)O)C(=O)O.[Mg]. The van der Waals surface area contributed by atoms with E-state index in [9.17, 15) is 9.59 Å². The van der Waals surface area contributed by atoms with Gasteiger partial charge in [-0.2, -0.15) is 0 Å². The number of nitrogens with two attached hydrogens (primary N) is 1. The molecule has 0 aliphatic heterocycles. The highest BCUT2D eigenvalue weighted by Gasteiger charge is 2.14. The van der Waals surface area contributed by atoms with Crippen molar-refractivity contribution >= 4 is 35.0 Å². The molecule has 0 aromatic carbocycles. The van der Waals surface area contributed by atoms with Gasteiger partial charge in [0.15, 0.2) is 0 Å². The number of carboxylic acid groups (broad SMARTS) is 2. The fourth-order valence-corrected chi connectivity index (χ4v) is 0.275. The van der Waals surface area contributed by atoms with Gasteiger partial charge in [-0.15, -0.1) is 0 Å². The molecule has 0 saturated carbocycles. The van der Waals surface area contributed by atoms with Gasteiger partial charge >= 0.3 is 11.9 Å². The molecule has 0 rings (SSSR count). The summed E-state index contributed by atoms with van der Waals surface area (Å²) < 4.78 is 0. The van der Waals surface area contributed by atoms with Crippen molar-refractivity contribution in [3.63, 3.8) is 0 Å². The summed E-state index contributed by atoms with van der Waals surface area (Å²) in [5, 5.41) is 16.0. The Morgan fingerprint density at radius 3 is 1.90 bits per heavy atom. The molecule has 0 saturated heterocycles. The van der Waals surface area contributed by atoms with Crippen molar-refractivity contribution in [2.75, 3.05) is 0 Å². The van der Waals surface area contributed by atoms with Crippen LogP contribution in [0.2, 0.25) is 0 Å². The third kappa shape index (κ3) is 5.80. The van der Waals surface area contributed by atoms with Gasteiger partial charge in [-0.05, 0) is 0 Å². The van der Waals surface area contributed by atoms with E-state index in [0.29, 0.717) is 0 Å². The lowest BCUT2D eigenvalue weighted by Crippen LogP contribution is -2.32. The maximum absolute atomic E-state index is 9.85. The molecule has 5 nitrogen and oxygen atoms in total. The molecular weight excluding hydrogens is 150 g/mol. The zero-order valence-corrected chi connectivity index (χ0v) is 6.69. The van der Waals surface area contributed by atoms with Gasteiger partial charge in [0, 0.05) is 23.1 Å². The van der Waals surface area contributed by atoms with Crippen molar-refractivity contribution in [1.82, 2.24) is 0 Å². The normalized spacial score (nSPS) is 11.3. The highest BCUT2D eigenvalue weighted by atomic mass is 24.3. The van der Waals surface area contributed by atoms with Crippen molar-refractivity contribution < 1.29 is 19.8 Å². The summed E-state index contributed by atoms with van der Waals surface area (Å²) in [6, 6.07) is -1.29. The molecule has 10 heavy (non-hydrogen) atoms. The van der Waals surface area contributed by atoms with Gasteiger partial charge in [-0.25, -0.2) is 0 Å². The van der Waals surface area contributed by atoms with E-state index in [-0.39, 0.29) is 23.1 Å². The van der Waals surface area contributed by atoms with Gasteiger partial charge in [0.25, 0.3) is 0 Å². The number of hydrogen-bond donors (Lipinski definition) is 3. The zero-order chi connectivity index (χ0) is 7.44. The predicted molar refractivity (Wildman–Crippen MR) is 33.6 cm³/mol. The number of hydrogen-bond acceptors (Lipinski definition) is 3. The first-order valence-corrected chi connectivity index (χ1v) is 2.24. The van der Waals surface area contributed by atoms with E-state index in [0.717, 1.165) is 0 Å². The summed E-state index contributed by atoms with van der Waals surface area (Å²) >= 11 is 0. The van der Waals surface area contributed by atoms with Crippen molar-refractivity contribution in [1.29, 1.82) is 0 Å². The number of carboxylic acids is 2. The van der Waals surface area contributed by atoms with Gasteiger partial charge in [0.05, 0.1) is 6.42 Å². The van der Waals surface area contributed by atoms with Crippen LogP contribution in [0.4, 0.5) is 0 Å². The minimum atomic E-state index is -1.29. The Balaban J connectivity index is 0. The monoisotopic (exact) mass is 157 g/mol. The van der Waals surface area contributed by atoms with E-state index < -0.39 is 24.4 Å². The van der Waals surface area contributed by atoms with Crippen LogP contribution in [0, 0.1) is 0 Å². The molecule has 4 N–H and O–H groups in total. The quantitative estimate of drug-likeness (QED) is 0.433. The average Bonchev–Trinajstić information content (AvgIpc) is 1.63. The summed E-state index contributed by atoms with van der Waals surface area (Å²) in [6.07, 6.45) is -0.532. The summed E-state index contributed by atoms with van der Waals surface area (Å²) in [5.41, 5.74) is 4.84. The lowest BCUT2D eigenvalue weighted by Gasteiger charge is -1.99. The van der Waals surface area contributed by atoms with Crippen molar-refractivity contribution in [2.24, 2.45) is 5.73 Å². The molecule has 2 radical (unpaired) electrons. The van der Waals surface area contributed by atoms with Crippen LogP contribution in [0.3, 0.4) is 0 Å². The second kappa shape index (κ2) is 5.45. The Labute approximate surface area is 73.4 Å². The van der Waals surface area contributed by atoms with Crippen LogP contribution >= 0.6 is 0 Å². The first-order chi connectivity index (χ1) is 4.04. The minimum absolute atomic E-state index is 0. The van der Waals surface area contributed by atoms with Crippen LogP contribution in [-0.2, 0) is 9.59 Å². The average molecular weight is 157 g/mol. The summed E-state index contributed by atoms with van der Waals surface area (Å²) in [7, 11) is 0. The first kappa shape index (κ1) is 12.4. The van der Waals surface area contributed by atoms with Crippen molar-refractivity contribution in [3.05, 3.63) is 0 Å². The van der Waals surface area contributed by atoms with Crippen LogP contribution in [0.25, 0.3) is 0 Å². The smallest absolute Gasteiger partial charge is 0.321 e. The van der Waals surface area contributed by atoms with E-state index >= 15 is 0 Å². The molecular formula is C4H7MgNO4. The third-order valence-corrected chi connectivity index (χ3v) is 0.712. The molecule has 6 heteroatoms. The molecule has 0 amide bonds. The molecule has 0 bridgehead atoms. The molecule has 54 valence electrons. The van der Waals surface area contributed by atoms with E-state index in [1.54, 1.807) is 0 Å². The van der Waals surface area contributed by atoms with Crippen LogP contribution in [0.1, 0.15) is 6.42 Å². The van der Waals surface area contributed by atoms with E-state index in [4.69, 9.17) is 15.9 Å². The highest BCUT2D eigenvalue weighted by Crippen LogP contribution is 1.86. The van der Waals surface area contributed by atoms with Crippen molar-refractivity contribution in [3.8, 4) is 0 Å². The minimum Gasteiger partial charge on any atom is -0.481 e. The Morgan fingerprint density at radius 2 is 1.80 bits per heavy atom. The molecule has 0 heterocycles. The molecule has 1 atom stereocenters. The number of carbonyl (C=O) groups is 2. The van der Waals surface area contributed by atoms with E-state index in [1.807, 2.05) is 0 Å². The largest absolute Gasteiger partial charge is 0.481 e. The molecule has 0 fully saturated rings. The van der Waals surface area contributed by atoms with Crippen LogP contribution in [0.5, 0.6) is 0 Å². The molecule has 0 aromatic heterocycles. The Hall–Kier alpha value is -0.334. The molecule has 0 aromatic rings. The first-order valence-electron chi connectivity index (χ1n) is 2.24. The Kier molecular flexibility index (Phi) is 6.73. The second-order valence-corrected chi connectivity index (χ2v) is 1.54. The molecule has 1 unspecified atom stereocenters. The van der Waals surface area contributed by atoms with Gasteiger partial charge in [-0.3, -0.25) is 9.59 Å². The van der Waals surface area contributed by atoms with Crippen molar-refractivity contribution in [2.45, 2.75) is 12.5 Å². The molecule has 0 aliphatic rings. The maximum atomic E-state index is 9.85. The lowest BCUT2D eigenvalue weighted by molar-refractivity contribution is -0.144. The fraction of sp³-hybridized carbons (Fsp3) is 0.500. The Bertz CT molecular complexity index is 137. The number of aliphatic carboxylic acids is 2. The van der Waals surface area contributed by atoms with Gasteiger partial charge in [0.1, 0.15) is 6.04 Å². The van der Waals surface area contributed by atoms with E-state index in [2.05, 4.69) is 0 Å². The third-order valence-electron chi connectivity index (χ3n) is 0.712. The summed E-state index contributed by atoms with van der Waals surface area (Å²) in [5.74, 6) is -2.50. The maximum Gasteiger partial charge on any atom is 0.321 e. The number of rotatable bonds is 3. The Morgan fingerprint density at radius 1 is 1.40 bits per heavy atom. The topological polar surface area (TPSA) is 101 Å². The summed E-state index contributed by atoms with van der Waals surface area (Å²) in [6.45, 7) is 0. The van der Waals surface area contributed by atoms with Gasteiger partial charge < -0.3 is 15.9 Å². The van der Waals surface area contributed by atoms with Crippen LogP contribution < -0.4 is 5.73 Å². The zero-order valence-electron chi connectivity index (χ0n) is 5.28. The fourth-order valence-electron chi connectivity index (χ4n) is 0.275. The standard InChI is InChI=1S/C4H7NO4.Mg/c5-2(4(8)9)1-3(6)7;/h2H,1,5H2,(H,6,7)(H,8,9);. The van der Waals surface area contributed by atoms with E-state index in [1.165, 1.54) is 0 Å². The lowest BCUT2D eigenvalue weighted by atomic mass is 10.2. The highest BCUT2D eigenvalue weighted by molar-refractivity contribution is 5.80. The predicted octanol–water partition coefficient (Wildman–Crippen LogP) is -1.51. The van der Waals surface area contributed by atoms with Crippen LogP contribution in [0.15, 0.2) is 0 Å². The summed E-state index contributed by atoms with van der Waals surface area (Å²) in [4.78, 5) is 19.6. The van der Waals surface area contributed by atoms with Gasteiger partial charge in [0.2, 0.25) is 0 Å². The second-order valence-electron chi connectivity index (χ2n) is 1.54. The molecule has 0 aliphatic carbocycles. The molecule has 0 spiro atoms. The van der Waals surface area contributed by atoms with Gasteiger partial charge in [-0.1, -0.05) is 0 Å². The van der Waals surface area contributed by atoms with Crippen LogP contribution in [-0.4, -0.2) is 51.2 Å².